The molecule has 0 saturated heterocycles. The second kappa shape index (κ2) is 5.02. The van der Waals surface area contributed by atoms with Gasteiger partial charge in [-0.05, 0) is 43.9 Å². The van der Waals surface area contributed by atoms with E-state index in [-0.39, 0.29) is 11.0 Å². The number of aryl methyl sites for hydroxylation is 1. The molecule has 2 heterocycles. The zero-order chi connectivity index (χ0) is 14.4. The summed E-state index contributed by atoms with van der Waals surface area (Å²) in [6.45, 7) is 2.00. The molecule has 1 aromatic heterocycles. The first-order chi connectivity index (χ1) is 10.2. The maximum atomic E-state index is 12.3. The van der Waals surface area contributed by atoms with E-state index in [1.807, 2.05) is 43.0 Å². The summed E-state index contributed by atoms with van der Waals surface area (Å²) in [6.07, 6.45) is 4.79. The molecule has 1 aromatic carbocycles. The molecule has 0 amide bonds. The fourth-order valence-electron chi connectivity index (χ4n) is 3.14. The van der Waals surface area contributed by atoms with Crippen molar-refractivity contribution in [1.82, 2.24) is 0 Å². The highest BCUT2D eigenvalue weighted by Crippen LogP contribution is 2.44. The third-order valence-electron chi connectivity index (χ3n) is 4.28. The summed E-state index contributed by atoms with van der Waals surface area (Å²) in [5.74, 6) is 0. The molecule has 0 bridgehead atoms. The zero-order valence-corrected chi connectivity index (χ0v) is 12.8. The summed E-state index contributed by atoms with van der Waals surface area (Å²) < 4.78 is 5.50. The Hall–Kier alpha value is -1.55. The standard InChI is InChI=1S/C17H17NO2S/c1-10-6-7-11-9-12(17(19)20-14(11)8-10)16-18-13-4-2-3-5-15(13)21-16/h6-9,15-16H,2-5H2,1H3. The lowest BCUT2D eigenvalue weighted by molar-refractivity contribution is 0.550. The molecule has 21 heavy (non-hydrogen) atoms. The van der Waals surface area contributed by atoms with Crippen LogP contribution in [0.15, 0.2) is 38.5 Å². The van der Waals surface area contributed by atoms with Crippen LogP contribution in [-0.4, -0.2) is 11.0 Å². The maximum Gasteiger partial charge on any atom is 0.342 e. The smallest absolute Gasteiger partial charge is 0.342 e. The zero-order valence-electron chi connectivity index (χ0n) is 12.0. The number of benzene rings is 1. The second-order valence-electron chi connectivity index (χ2n) is 5.87. The number of hydrogen-bond donors (Lipinski definition) is 0. The van der Waals surface area contributed by atoms with Crippen LogP contribution in [0.25, 0.3) is 11.0 Å². The molecule has 0 N–H and O–H groups in total. The molecule has 1 aliphatic heterocycles. The van der Waals surface area contributed by atoms with Gasteiger partial charge in [0.25, 0.3) is 0 Å². The summed E-state index contributed by atoms with van der Waals surface area (Å²) in [6, 6.07) is 7.92. The van der Waals surface area contributed by atoms with Gasteiger partial charge in [-0.25, -0.2) is 4.79 Å². The van der Waals surface area contributed by atoms with Crippen molar-refractivity contribution in [2.24, 2.45) is 4.99 Å². The molecule has 0 spiro atoms. The van der Waals surface area contributed by atoms with E-state index >= 15 is 0 Å². The van der Waals surface area contributed by atoms with Gasteiger partial charge in [0, 0.05) is 16.3 Å². The molecule has 1 fully saturated rings. The summed E-state index contributed by atoms with van der Waals surface area (Å²) in [5.41, 5.74) is 3.50. The summed E-state index contributed by atoms with van der Waals surface area (Å²) in [5, 5.41) is 1.41. The fourth-order valence-corrected chi connectivity index (χ4v) is 4.60. The number of hydrogen-bond acceptors (Lipinski definition) is 4. The second-order valence-corrected chi connectivity index (χ2v) is 7.16. The van der Waals surface area contributed by atoms with Gasteiger partial charge in [-0.2, -0.15) is 0 Å². The number of fused-ring (bicyclic) bond motifs is 2. The van der Waals surface area contributed by atoms with Gasteiger partial charge in [-0.15, -0.1) is 11.8 Å². The van der Waals surface area contributed by atoms with Gasteiger partial charge >= 0.3 is 5.63 Å². The van der Waals surface area contributed by atoms with Gasteiger partial charge in [-0.1, -0.05) is 18.6 Å². The molecule has 2 aromatic rings. The first kappa shape index (κ1) is 13.1. The molecular weight excluding hydrogens is 282 g/mol. The lowest BCUT2D eigenvalue weighted by Gasteiger charge is -2.17. The van der Waals surface area contributed by atoms with E-state index in [1.165, 1.54) is 25.0 Å². The van der Waals surface area contributed by atoms with Crippen LogP contribution in [0.5, 0.6) is 0 Å². The predicted molar refractivity (Wildman–Crippen MR) is 87.2 cm³/mol. The van der Waals surface area contributed by atoms with Gasteiger partial charge in [0.1, 0.15) is 11.0 Å². The molecule has 2 unspecified atom stereocenters. The van der Waals surface area contributed by atoms with Crippen molar-refractivity contribution in [3.8, 4) is 0 Å². The molecule has 4 heteroatoms. The van der Waals surface area contributed by atoms with Crippen molar-refractivity contribution in [1.29, 1.82) is 0 Å². The van der Waals surface area contributed by atoms with Crippen molar-refractivity contribution >= 4 is 28.4 Å². The SMILES string of the molecule is Cc1ccc2cc(C3N=C4CCCCC4S3)c(=O)oc2c1. The van der Waals surface area contributed by atoms with E-state index < -0.39 is 0 Å². The predicted octanol–water partition coefficient (Wildman–Crippen LogP) is 4.23. The van der Waals surface area contributed by atoms with Crippen LogP contribution < -0.4 is 5.63 Å². The minimum Gasteiger partial charge on any atom is -0.422 e. The highest BCUT2D eigenvalue weighted by atomic mass is 32.2. The van der Waals surface area contributed by atoms with Crippen LogP contribution in [0.4, 0.5) is 0 Å². The van der Waals surface area contributed by atoms with E-state index in [2.05, 4.69) is 0 Å². The Morgan fingerprint density at radius 3 is 3.05 bits per heavy atom. The van der Waals surface area contributed by atoms with E-state index in [4.69, 9.17) is 9.41 Å². The van der Waals surface area contributed by atoms with Gasteiger partial charge in [-0.3, -0.25) is 4.99 Å². The van der Waals surface area contributed by atoms with Crippen LogP contribution in [0.2, 0.25) is 0 Å². The number of aliphatic imine (C=N–C) groups is 1. The minimum absolute atomic E-state index is 0.0787. The topological polar surface area (TPSA) is 42.6 Å². The van der Waals surface area contributed by atoms with Crippen molar-refractivity contribution < 1.29 is 4.42 Å². The quantitative estimate of drug-likeness (QED) is 0.740. The lowest BCUT2D eigenvalue weighted by Crippen LogP contribution is -2.17. The van der Waals surface area contributed by atoms with E-state index in [0.717, 1.165) is 17.4 Å². The Kier molecular flexibility index (Phi) is 3.14. The van der Waals surface area contributed by atoms with Crippen LogP contribution in [0.3, 0.4) is 0 Å². The number of thioether (sulfide) groups is 1. The minimum atomic E-state index is -0.242. The molecule has 1 aliphatic carbocycles. The van der Waals surface area contributed by atoms with Crippen LogP contribution in [0.1, 0.15) is 42.2 Å². The van der Waals surface area contributed by atoms with Crippen LogP contribution in [-0.2, 0) is 0 Å². The summed E-state index contributed by atoms with van der Waals surface area (Å²) in [4.78, 5) is 17.1. The molecule has 0 radical (unpaired) electrons. The van der Waals surface area contributed by atoms with E-state index in [9.17, 15) is 4.79 Å². The van der Waals surface area contributed by atoms with E-state index in [1.54, 1.807) is 0 Å². The van der Waals surface area contributed by atoms with Crippen molar-refractivity contribution in [2.75, 3.05) is 0 Å². The fraction of sp³-hybridized carbons (Fsp3) is 0.412. The highest BCUT2D eigenvalue weighted by molar-refractivity contribution is 8.01. The first-order valence-corrected chi connectivity index (χ1v) is 8.41. The highest BCUT2D eigenvalue weighted by Gasteiger charge is 2.33. The summed E-state index contributed by atoms with van der Waals surface area (Å²) in [7, 11) is 0. The van der Waals surface area contributed by atoms with Crippen LogP contribution >= 0.6 is 11.8 Å². The van der Waals surface area contributed by atoms with Crippen molar-refractivity contribution in [3.05, 3.63) is 45.8 Å². The molecule has 2 aliphatic rings. The Balaban J connectivity index is 1.77. The van der Waals surface area contributed by atoms with Gasteiger partial charge < -0.3 is 4.42 Å². The van der Waals surface area contributed by atoms with Crippen molar-refractivity contribution in [2.45, 2.75) is 43.2 Å². The Morgan fingerprint density at radius 1 is 1.29 bits per heavy atom. The van der Waals surface area contributed by atoms with Gasteiger partial charge in [0.2, 0.25) is 0 Å². The maximum absolute atomic E-state index is 12.3. The van der Waals surface area contributed by atoms with Gasteiger partial charge in [0.15, 0.2) is 0 Å². The molecule has 1 saturated carbocycles. The average molecular weight is 299 g/mol. The first-order valence-electron chi connectivity index (χ1n) is 7.47. The number of rotatable bonds is 1. The average Bonchev–Trinajstić information content (AvgIpc) is 2.90. The Morgan fingerprint density at radius 2 is 2.19 bits per heavy atom. The molecule has 108 valence electrons. The Bertz CT molecular complexity index is 793. The molecule has 2 atom stereocenters. The van der Waals surface area contributed by atoms with E-state index in [0.29, 0.717) is 16.4 Å². The monoisotopic (exact) mass is 299 g/mol. The third kappa shape index (κ3) is 2.31. The van der Waals surface area contributed by atoms with Gasteiger partial charge in [0.05, 0.1) is 5.56 Å². The van der Waals surface area contributed by atoms with Crippen molar-refractivity contribution in [3.63, 3.8) is 0 Å². The largest absolute Gasteiger partial charge is 0.422 e. The van der Waals surface area contributed by atoms with Crippen LogP contribution in [0, 0.1) is 6.92 Å². The third-order valence-corrected chi connectivity index (χ3v) is 5.74. The lowest BCUT2D eigenvalue weighted by atomic mass is 9.98. The molecule has 3 nitrogen and oxygen atoms in total. The molecular formula is C17H17NO2S. The summed E-state index contributed by atoms with van der Waals surface area (Å²) >= 11 is 1.81. The Labute approximate surface area is 127 Å². The molecule has 4 rings (SSSR count). The normalized spacial score (nSPS) is 24.9. The number of nitrogens with zero attached hydrogens (tertiary/aromatic N) is 1.